The van der Waals surface area contributed by atoms with Crippen LogP contribution in [0.4, 0.5) is 5.69 Å². The number of hydrogen-bond acceptors (Lipinski definition) is 4. The van der Waals surface area contributed by atoms with Gasteiger partial charge in [0.15, 0.2) is 6.61 Å². The molecule has 5 nitrogen and oxygen atoms in total. The van der Waals surface area contributed by atoms with E-state index < -0.39 is 0 Å². The molecular formula is C25H24N2O3. The number of furan rings is 1. The molecule has 0 bridgehead atoms. The van der Waals surface area contributed by atoms with Crippen LogP contribution in [-0.4, -0.2) is 43.6 Å². The van der Waals surface area contributed by atoms with Crippen LogP contribution in [0.2, 0.25) is 0 Å². The van der Waals surface area contributed by atoms with E-state index in [1.165, 1.54) is 11.3 Å². The Morgan fingerprint density at radius 3 is 2.47 bits per heavy atom. The zero-order valence-electron chi connectivity index (χ0n) is 17.0. The molecule has 0 N–H and O–H groups in total. The van der Waals surface area contributed by atoms with Crippen LogP contribution in [0.25, 0.3) is 21.9 Å². The average molecular weight is 400 g/mol. The van der Waals surface area contributed by atoms with Gasteiger partial charge in [-0.2, -0.15) is 0 Å². The third-order valence-corrected chi connectivity index (χ3v) is 5.80. The maximum Gasteiger partial charge on any atom is 0.260 e. The van der Waals surface area contributed by atoms with Crippen LogP contribution < -0.4 is 9.64 Å². The molecule has 5 heteroatoms. The van der Waals surface area contributed by atoms with Crippen molar-refractivity contribution in [2.75, 3.05) is 37.7 Å². The minimum Gasteiger partial charge on any atom is -0.484 e. The number of ether oxygens (including phenoxy) is 1. The van der Waals surface area contributed by atoms with E-state index in [1.807, 2.05) is 47.4 Å². The van der Waals surface area contributed by atoms with E-state index >= 15 is 0 Å². The molecule has 0 spiro atoms. The van der Waals surface area contributed by atoms with E-state index in [9.17, 15) is 4.79 Å². The van der Waals surface area contributed by atoms with Gasteiger partial charge in [0, 0.05) is 42.6 Å². The number of para-hydroxylation sites is 2. The second-order valence-electron chi connectivity index (χ2n) is 7.70. The van der Waals surface area contributed by atoms with E-state index in [2.05, 4.69) is 36.1 Å². The number of hydrogen-bond donors (Lipinski definition) is 0. The van der Waals surface area contributed by atoms with Gasteiger partial charge in [-0.25, -0.2) is 0 Å². The number of nitrogens with zero attached hydrogens (tertiary/aromatic N) is 2. The predicted molar refractivity (Wildman–Crippen MR) is 119 cm³/mol. The molecular weight excluding hydrogens is 376 g/mol. The second-order valence-corrected chi connectivity index (χ2v) is 7.70. The molecule has 0 atom stereocenters. The van der Waals surface area contributed by atoms with Crippen LogP contribution in [0.15, 0.2) is 71.1 Å². The van der Waals surface area contributed by atoms with E-state index in [0.29, 0.717) is 18.8 Å². The van der Waals surface area contributed by atoms with E-state index in [-0.39, 0.29) is 12.5 Å². The molecule has 1 aromatic heterocycles. The molecule has 1 aliphatic rings. The van der Waals surface area contributed by atoms with Crippen LogP contribution in [0.5, 0.6) is 5.75 Å². The molecule has 1 amide bonds. The quantitative estimate of drug-likeness (QED) is 0.501. The van der Waals surface area contributed by atoms with Crippen molar-refractivity contribution in [2.24, 2.45) is 0 Å². The fourth-order valence-electron chi connectivity index (χ4n) is 4.15. The Kier molecular flexibility index (Phi) is 4.79. The summed E-state index contributed by atoms with van der Waals surface area (Å²) in [6, 6.07) is 22.0. The molecule has 30 heavy (non-hydrogen) atoms. The van der Waals surface area contributed by atoms with Gasteiger partial charge in [0.1, 0.15) is 16.9 Å². The van der Waals surface area contributed by atoms with Gasteiger partial charge < -0.3 is 19.0 Å². The highest BCUT2D eigenvalue weighted by Gasteiger charge is 2.22. The molecule has 5 rings (SSSR count). The third-order valence-electron chi connectivity index (χ3n) is 5.80. The average Bonchev–Trinajstić information content (AvgIpc) is 3.16. The lowest BCUT2D eigenvalue weighted by molar-refractivity contribution is -0.133. The summed E-state index contributed by atoms with van der Waals surface area (Å²) in [7, 11) is 0. The summed E-state index contributed by atoms with van der Waals surface area (Å²) in [6.45, 7) is 5.27. The number of anilines is 1. The lowest BCUT2D eigenvalue weighted by Crippen LogP contribution is -2.50. The number of piperazine rings is 1. The summed E-state index contributed by atoms with van der Waals surface area (Å²) in [4.78, 5) is 16.9. The van der Waals surface area contributed by atoms with Gasteiger partial charge in [0.05, 0.1) is 0 Å². The van der Waals surface area contributed by atoms with Crippen molar-refractivity contribution < 1.29 is 13.9 Å². The van der Waals surface area contributed by atoms with Crippen molar-refractivity contribution >= 4 is 33.5 Å². The van der Waals surface area contributed by atoms with Crippen LogP contribution in [0.1, 0.15) is 5.56 Å². The SMILES string of the molecule is Cc1ccccc1N1CCN(C(=O)COc2ccc3oc4ccccc4c3c2)CC1. The highest BCUT2D eigenvalue weighted by Crippen LogP contribution is 2.31. The predicted octanol–water partition coefficient (Wildman–Crippen LogP) is 4.62. The zero-order valence-corrected chi connectivity index (χ0v) is 17.0. The molecule has 4 aromatic rings. The lowest BCUT2D eigenvalue weighted by atomic mass is 10.1. The number of carbonyl (C=O) groups excluding carboxylic acids is 1. The Balaban J connectivity index is 1.21. The Labute approximate surface area is 175 Å². The third kappa shape index (κ3) is 3.47. The van der Waals surface area contributed by atoms with Crippen molar-refractivity contribution in [1.82, 2.24) is 4.90 Å². The number of amides is 1. The maximum atomic E-state index is 12.7. The van der Waals surface area contributed by atoms with Crippen LogP contribution in [0, 0.1) is 6.92 Å². The molecule has 0 unspecified atom stereocenters. The largest absolute Gasteiger partial charge is 0.484 e. The summed E-state index contributed by atoms with van der Waals surface area (Å²) >= 11 is 0. The number of fused-ring (bicyclic) bond motifs is 3. The summed E-state index contributed by atoms with van der Waals surface area (Å²) in [5, 5.41) is 2.05. The van der Waals surface area contributed by atoms with Crippen LogP contribution >= 0.6 is 0 Å². The fraction of sp³-hybridized carbons (Fsp3) is 0.240. The first kappa shape index (κ1) is 18.6. The van der Waals surface area contributed by atoms with Gasteiger partial charge in [-0.05, 0) is 42.8 Å². The number of aryl methyl sites for hydroxylation is 1. The minimum absolute atomic E-state index is 0.0246. The smallest absolute Gasteiger partial charge is 0.260 e. The molecule has 1 saturated heterocycles. The number of rotatable bonds is 4. The molecule has 1 fully saturated rings. The summed E-state index contributed by atoms with van der Waals surface area (Å²) < 4.78 is 11.7. The molecule has 152 valence electrons. The minimum atomic E-state index is 0.0246. The first-order valence-electron chi connectivity index (χ1n) is 10.3. The Bertz CT molecular complexity index is 1210. The Hall–Kier alpha value is -3.47. The second kappa shape index (κ2) is 7.75. The highest BCUT2D eigenvalue weighted by atomic mass is 16.5. The van der Waals surface area contributed by atoms with Crippen molar-refractivity contribution in [3.8, 4) is 5.75 Å². The lowest BCUT2D eigenvalue weighted by Gasteiger charge is -2.36. The van der Waals surface area contributed by atoms with Gasteiger partial charge >= 0.3 is 0 Å². The zero-order chi connectivity index (χ0) is 20.5. The number of benzene rings is 3. The Morgan fingerprint density at radius 2 is 1.63 bits per heavy atom. The molecule has 1 aliphatic heterocycles. The molecule has 0 radical (unpaired) electrons. The van der Waals surface area contributed by atoms with Gasteiger partial charge in [0.2, 0.25) is 0 Å². The van der Waals surface area contributed by atoms with E-state index in [0.717, 1.165) is 35.0 Å². The molecule has 0 aliphatic carbocycles. The molecule has 0 saturated carbocycles. The molecule has 2 heterocycles. The summed E-state index contributed by atoms with van der Waals surface area (Å²) in [5.74, 6) is 0.706. The van der Waals surface area contributed by atoms with Crippen molar-refractivity contribution in [2.45, 2.75) is 6.92 Å². The van der Waals surface area contributed by atoms with Crippen molar-refractivity contribution in [3.63, 3.8) is 0 Å². The summed E-state index contributed by atoms with van der Waals surface area (Å²) in [5.41, 5.74) is 4.19. The van der Waals surface area contributed by atoms with Crippen LogP contribution in [0.3, 0.4) is 0 Å². The number of carbonyl (C=O) groups is 1. The fourth-order valence-corrected chi connectivity index (χ4v) is 4.15. The highest BCUT2D eigenvalue weighted by molar-refractivity contribution is 6.05. The Morgan fingerprint density at radius 1 is 0.900 bits per heavy atom. The van der Waals surface area contributed by atoms with Gasteiger partial charge in [-0.15, -0.1) is 0 Å². The van der Waals surface area contributed by atoms with Gasteiger partial charge in [-0.3, -0.25) is 4.79 Å². The molecule has 3 aromatic carbocycles. The first-order valence-corrected chi connectivity index (χ1v) is 10.3. The van der Waals surface area contributed by atoms with E-state index in [1.54, 1.807) is 0 Å². The van der Waals surface area contributed by atoms with E-state index in [4.69, 9.17) is 9.15 Å². The van der Waals surface area contributed by atoms with Crippen molar-refractivity contribution in [1.29, 1.82) is 0 Å². The summed E-state index contributed by atoms with van der Waals surface area (Å²) in [6.07, 6.45) is 0. The maximum absolute atomic E-state index is 12.7. The first-order chi connectivity index (χ1) is 14.7. The topological polar surface area (TPSA) is 45.9 Å². The van der Waals surface area contributed by atoms with Gasteiger partial charge in [-0.1, -0.05) is 36.4 Å². The monoisotopic (exact) mass is 400 g/mol. The van der Waals surface area contributed by atoms with Crippen molar-refractivity contribution in [3.05, 3.63) is 72.3 Å². The standard InChI is InChI=1S/C25H24N2O3/c1-18-6-2-4-8-22(18)26-12-14-27(15-13-26)25(28)17-29-19-10-11-24-21(16-19)20-7-3-5-9-23(20)30-24/h2-11,16H,12-15,17H2,1H3. The van der Waals surface area contributed by atoms with Gasteiger partial charge in [0.25, 0.3) is 5.91 Å². The van der Waals surface area contributed by atoms with Crippen LogP contribution in [-0.2, 0) is 4.79 Å². The normalized spacial score (nSPS) is 14.4.